The number of benzene rings is 2. The first-order chi connectivity index (χ1) is 12.2. The molecule has 0 aliphatic carbocycles. The molecule has 0 saturated carbocycles. The number of carbonyl (C=O) groups excluding carboxylic acids is 1. The number of fused-ring (bicyclic) bond motifs is 1. The Morgan fingerprint density at radius 3 is 2.80 bits per heavy atom. The second kappa shape index (κ2) is 6.69. The molecule has 1 aromatic heterocycles. The molecular formula is C20H17NO3S. The number of para-hydroxylation sites is 1. The van der Waals surface area contributed by atoms with E-state index in [9.17, 15) is 4.79 Å². The molecule has 0 saturated heterocycles. The molecule has 5 heteroatoms. The Kier molecular flexibility index (Phi) is 4.24. The highest BCUT2D eigenvalue weighted by Gasteiger charge is 2.31. The number of nitrogens with zero attached hydrogens (tertiary/aromatic N) is 1. The highest BCUT2D eigenvalue weighted by atomic mass is 32.1. The third-order valence-corrected chi connectivity index (χ3v) is 5.42. The van der Waals surface area contributed by atoms with Crippen molar-refractivity contribution in [2.45, 2.75) is 19.4 Å². The predicted octanol–water partition coefficient (Wildman–Crippen LogP) is 4.34. The molecule has 0 radical (unpaired) electrons. The van der Waals surface area contributed by atoms with Gasteiger partial charge in [-0.25, -0.2) is 4.98 Å². The highest BCUT2D eigenvalue weighted by Crippen LogP contribution is 2.35. The fourth-order valence-corrected chi connectivity index (χ4v) is 3.84. The highest BCUT2D eigenvalue weighted by molar-refractivity contribution is 7.15. The van der Waals surface area contributed by atoms with Crippen LogP contribution in [0, 0.1) is 6.92 Å². The number of ether oxygens (including phenoxy) is 2. The zero-order valence-electron chi connectivity index (χ0n) is 13.8. The Morgan fingerprint density at radius 1 is 1.20 bits per heavy atom. The van der Waals surface area contributed by atoms with Crippen LogP contribution in [0.1, 0.15) is 22.1 Å². The minimum absolute atomic E-state index is 0.244. The van der Waals surface area contributed by atoms with Crippen molar-refractivity contribution in [3.63, 3.8) is 0 Å². The SMILES string of the molecule is Cc1nc(-c2ccccc2)sc1COC(=O)C1COc2ccccc21. The molecule has 1 atom stereocenters. The van der Waals surface area contributed by atoms with Crippen LogP contribution in [-0.2, 0) is 16.1 Å². The number of hydrogen-bond donors (Lipinski definition) is 0. The van der Waals surface area contributed by atoms with Crippen LogP contribution in [0.2, 0.25) is 0 Å². The van der Waals surface area contributed by atoms with Gasteiger partial charge in [0, 0.05) is 11.1 Å². The topological polar surface area (TPSA) is 48.4 Å². The van der Waals surface area contributed by atoms with E-state index in [-0.39, 0.29) is 18.5 Å². The van der Waals surface area contributed by atoms with Gasteiger partial charge in [0.15, 0.2) is 0 Å². The average Bonchev–Trinajstić information content (AvgIpc) is 3.24. The first-order valence-electron chi connectivity index (χ1n) is 8.12. The molecule has 4 nitrogen and oxygen atoms in total. The van der Waals surface area contributed by atoms with Crippen molar-refractivity contribution in [3.8, 4) is 16.3 Å². The zero-order valence-corrected chi connectivity index (χ0v) is 14.6. The van der Waals surface area contributed by atoms with E-state index in [1.54, 1.807) is 11.3 Å². The summed E-state index contributed by atoms with van der Waals surface area (Å²) in [7, 11) is 0. The summed E-state index contributed by atoms with van der Waals surface area (Å²) in [5.74, 6) is 0.168. The van der Waals surface area contributed by atoms with Gasteiger partial charge in [0.2, 0.25) is 0 Å². The van der Waals surface area contributed by atoms with E-state index in [1.807, 2.05) is 61.5 Å². The number of hydrogen-bond acceptors (Lipinski definition) is 5. The van der Waals surface area contributed by atoms with Crippen LogP contribution in [0.4, 0.5) is 0 Å². The molecule has 0 N–H and O–H groups in total. The lowest BCUT2D eigenvalue weighted by molar-refractivity contribution is -0.146. The van der Waals surface area contributed by atoms with E-state index in [1.165, 1.54) is 0 Å². The van der Waals surface area contributed by atoms with Crippen molar-refractivity contribution in [2.24, 2.45) is 0 Å². The molecule has 3 aromatic rings. The van der Waals surface area contributed by atoms with Crippen LogP contribution in [0.15, 0.2) is 54.6 Å². The van der Waals surface area contributed by atoms with Gasteiger partial charge < -0.3 is 9.47 Å². The van der Waals surface area contributed by atoms with Crippen molar-refractivity contribution in [1.29, 1.82) is 0 Å². The number of carbonyl (C=O) groups is 1. The average molecular weight is 351 g/mol. The molecule has 25 heavy (non-hydrogen) atoms. The number of aryl methyl sites for hydroxylation is 1. The van der Waals surface area contributed by atoms with Crippen LogP contribution >= 0.6 is 11.3 Å². The lowest BCUT2D eigenvalue weighted by Gasteiger charge is -2.08. The smallest absolute Gasteiger partial charge is 0.317 e. The third-order valence-electron chi connectivity index (χ3n) is 4.24. The second-order valence-corrected chi connectivity index (χ2v) is 6.99. The summed E-state index contributed by atoms with van der Waals surface area (Å²) in [6.45, 7) is 2.53. The lowest BCUT2D eigenvalue weighted by Crippen LogP contribution is -2.17. The number of esters is 1. The van der Waals surface area contributed by atoms with E-state index in [0.717, 1.165) is 32.5 Å². The van der Waals surface area contributed by atoms with E-state index < -0.39 is 0 Å². The van der Waals surface area contributed by atoms with E-state index in [0.29, 0.717) is 6.61 Å². The van der Waals surface area contributed by atoms with E-state index in [2.05, 4.69) is 4.98 Å². The second-order valence-electron chi connectivity index (χ2n) is 5.90. The first kappa shape index (κ1) is 15.8. The molecule has 1 aliphatic heterocycles. The summed E-state index contributed by atoms with van der Waals surface area (Å²) in [5, 5.41) is 0.943. The molecule has 4 rings (SSSR count). The normalized spacial score (nSPS) is 15.5. The maximum Gasteiger partial charge on any atom is 0.317 e. The Balaban J connectivity index is 1.46. The standard InChI is InChI=1S/C20H17NO3S/c1-13-18(25-19(21-13)14-7-3-2-4-8-14)12-24-20(22)16-11-23-17-10-6-5-9-15(16)17/h2-10,16H,11-12H2,1H3. The first-order valence-corrected chi connectivity index (χ1v) is 8.94. The summed E-state index contributed by atoms with van der Waals surface area (Å²) >= 11 is 1.56. The van der Waals surface area contributed by atoms with E-state index in [4.69, 9.17) is 9.47 Å². The van der Waals surface area contributed by atoms with Crippen LogP contribution < -0.4 is 4.74 Å². The molecule has 0 bridgehead atoms. The fourth-order valence-electron chi connectivity index (χ4n) is 2.86. The molecule has 1 aliphatic rings. The number of thiazole rings is 1. The van der Waals surface area contributed by atoms with Gasteiger partial charge in [0.05, 0.1) is 10.6 Å². The minimum atomic E-state index is -0.349. The summed E-state index contributed by atoms with van der Waals surface area (Å²) in [6.07, 6.45) is 0. The van der Waals surface area contributed by atoms with Gasteiger partial charge in [0.1, 0.15) is 29.9 Å². The number of aromatic nitrogens is 1. The zero-order chi connectivity index (χ0) is 17.2. The van der Waals surface area contributed by atoms with Gasteiger partial charge in [-0.05, 0) is 13.0 Å². The summed E-state index contributed by atoms with van der Waals surface area (Å²) < 4.78 is 11.1. The molecular weight excluding hydrogens is 334 g/mol. The fraction of sp³-hybridized carbons (Fsp3) is 0.200. The molecule has 2 heterocycles. The molecule has 1 unspecified atom stereocenters. The molecule has 0 amide bonds. The quantitative estimate of drug-likeness (QED) is 0.656. The maximum absolute atomic E-state index is 12.5. The Hall–Kier alpha value is -2.66. The molecule has 0 spiro atoms. The van der Waals surface area contributed by atoms with Gasteiger partial charge in [-0.3, -0.25) is 4.79 Å². The van der Waals surface area contributed by atoms with Crippen molar-refractivity contribution >= 4 is 17.3 Å². The van der Waals surface area contributed by atoms with Crippen LogP contribution in [0.25, 0.3) is 10.6 Å². The third kappa shape index (κ3) is 3.15. The van der Waals surface area contributed by atoms with Gasteiger partial charge in [-0.2, -0.15) is 0 Å². The van der Waals surface area contributed by atoms with Crippen LogP contribution in [0.5, 0.6) is 5.75 Å². The van der Waals surface area contributed by atoms with Gasteiger partial charge in [0.25, 0.3) is 0 Å². The van der Waals surface area contributed by atoms with Crippen molar-refractivity contribution in [2.75, 3.05) is 6.61 Å². The van der Waals surface area contributed by atoms with Crippen molar-refractivity contribution in [3.05, 3.63) is 70.7 Å². The Bertz CT molecular complexity index is 904. The molecule has 2 aromatic carbocycles. The predicted molar refractivity (Wildman–Crippen MR) is 96.8 cm³/mol. The maximum atomic E-state index is 12.5. The van der Waals surface area contributed by atoms with Crippen molar-refractivity contribution < 1.29 is 14.3 Å². The summed E-state index contributed by atoms with van der Waals surface area (Å²) in [6, 6.07) is 17.6. The molecule has 0 fully saturated rings. The number of rotatable bonds is 4. The van der Waals surface area contributed by atoms with Gasteiger partial charge >= 0.3 is 5.97 Å². The Morgan fingerprint density at radius 2 is 1.96 bits per heavy atom. The monoisotopic (exact) mass is 351 g/mol. The Labute approximate surface area is 150 Å². The van der Waals surface area contributed by atoms with Crippen LogP contribution in [0.3, 0.4) is 0 Å². The summed E-state index contributed by atoms with van der Waals surface area (Å²) in [4.78, 5) is 18.0. The van der Waals surface area contributed by atoms with Crippen LogP contribution in [-0.4, -0.2) is 17.6 Å². The minimum Gasteiger partial charge on any atom is -0.492 e. The summed E-state index contributed by atoms with van der Waals surface area (Å²) in [5.41, 5.74) is 2.88. The van der Waals surface area contributed by atoms with E-state index >= 15 is 0 Å². The lowest BCUT2D eigenvalue weighted by atomic mass is 10.0. The van der Waals surface area contributed by atoms with Gasteiger partial charge in [-0.1, -0.05) is 48.5 Å². The van der Waals surface area contributed by atoms with Gasteiger partial charge in [-0.15, -0.1) is 11.3 Å². The van der Waals surface area contributed by atoms with Crippen molar-refractivity contribution in [1.82, 2.24) is 4.98 Å². The molecule has 126 valence electrons. The largest absolute Gasteiger partial charge is 0.492 e.